The van der Waals surface area contributed by atoms with Gasteiger partial charge in [0, 0.05) is 31.6 Å². The molecule has 2 rings (SSSR count). The molecule has 1 aromatic carbocycles. The molecule has 1 fully saturated rings. The Labute approximate surface area is 202 Å². The Morgan fingerprint density at radius 1 is 0.848 bits per heavy atom. The molecule has 0 radical (unpaired) electrons. The van der Waals surface area contributed by atoms with Crippen LogP contribution in [0.15, 0.2) is 30.3 Å². The molecule has 0 aliphatic heterocycles. The highest BCUT2D eigenvalue weighted by molar-refractivity contribution is 5.93. The Morgan fingerprint density at radius 2 is 1.48 bits per heavy atom. The van der Waals surface area contributed by atoms with E-state index in [1.165, 1.54) is 70.6 Å². The lowest BCUT2D eigenvalue weighted by molar-refractivity contribution is -0.121. The van der Waals surface area contributed by atoms with Gasteiger partial charge < -0.3 is 10.2 Å². The molecule has 0 saturated heterocycles. The number of nitrogens with zero attached hydrogens (tertiary/aromatic N) is 1. The maximum absolute atomic E-state index is 13.0. The van der Waals surface area contributed by atoms with Crippen molar-refractivity contribution in [1.82, 2.24) is 5.32 Å². The van der Waals surface area contributed by atoms with E-state index in [-0.39, 0.29) is 11.8 Å². The molecule has 1 N–H and O–H groups in total. The molecule has 4 heteroatoms. The summed E-state index contributed by atoms with van der Waals surface area (Å²) >= 11 is 0. The molecule has 0 atom stereocenters. The first-order valence-corrected chi connectivity index (χ1v) is 13.8. The summed E-state index contributed by atoms with van der Waals surface area (Å²) < 4.78 is 0. The molecule has 1 aliphatic rings. The van der Waals surface area contributed by atoms with Crippen molar-refractivity contribution in [1.29, 1.82) is 0 Å². The van der Waals surface area contributed by atoms with Gasteiger partial charge in [0.1, 0.15) is 0 Å². The summed E-state index contributed by atoms with van der Waals surface area (Å²) in [6.07, 6.45) is 19.7. The number of amides is 2. The van der Waals surface area contributed by atoms with E-state index in [0.29, 0.717) is 25.9 Å². The van der Waals surface area contributed by atoms with Crippen molar-refractivity contribution >= 4 is 17.5 Å². The summed E-state index contributed by atoms with van der Waals surface area (Å²) in [4.78, 5) is 27.0. The third-order valence-electron chi connectivity index (χ3n) is 7.00. The van der Waals surface area contributed by atoms with Gasteiger partial charge in [-0.2, -0.15) is 0 Å². The van der Waals surface area contributed by atoms with Gasteiger partial charge in [-0.05, 0) is 37.3 Å². The van der Waals surface area contributed by atoms with Gasteiger partial charge in [-0.25, -0.2) is 0 Å². The third-order valence-corrected chi connectivity index (χ3v) is 7.00. The highest BCUT2D eigenvalue weighted by Crippen LogP contribution is 2.29. The lowest BCUT2D eigenvalue weighted by atomic mass is 10.0. The van der Waals surface area contributed by atoms with Crippen molar-refractivity contribution in [2.24, 2.45) is 5.92 Å². The first kappa shape index (κ1) is 27.4. The number of hydrogen-bond acceptors (Lipinski definition) is 2. The molecule has 0 bridgehead atoms. The minimum absolute atomic E-state index is 0.150. The van der Waals surface area contributed by atoms with Gasteiger partial charge in [0.05, 0.1) is 0 Å². The van der Waals surface area contributed by atoms with Crippen molar-refractivity contribution < 1.29 is 9.59 Å². The summed E-state index contributed by atoms with van der Waals surface area (Å²) in [5.74, 6) is 1.10. The lowest BCUT2D eigenvalue weighted by Gasteiger charge is -2.24. The van der Waals surface area contributed by atoms with Crippen molar-refractivity contribution in [2.75, 3.05) is 18.0 Å². The SMILES string of the molecule is CCCCCCCCCCCC(=O)NCCCN(C(=O)CCC1CCCC1)c1ccccc1. The molecule has 0 spiro atoms. The van der Waals surface area contributed by atoms with Crippen LogP contribution in [0.3, 0.4) is 0 Å². The molecule has 0 aromatic heterocycles. The highest BCUT2D eigenvalue weighted by atomic mass is 16.2. The molecule has 1 saturated carbocycles. The van der Waals surface area contributed by atoms with Crippen molar-refractivity contribution in [2.45, 2.75) is 116 Å². The molecular formula is C29H48N2O2. The zero-order valence-electron chi connectivity index (χ0n) is 21.2. The molecule has 0 unspecified atom stereocenters. The number of carbonyl (C=O) groups excluding carboxylic acids is 2. The van der Waals surface area contributed by atoms with Gasteiger partial charge in [-0.1, -0.05) is 102 Å². The average molecular weight is 457 g/mol. The minimum atomic E-state index is 0.150. The van der Waals surface area contributed by atoms with Gasteiger partial charge in [0.15, 0.2) is 0 Å². The maximum Gasteiger partial charge on any atom is 0.226 e. The Bertz CT molecular complexity index is 640. The van der Waals surface area contributed by atoms with E-state index >= 15 is 0 Å². The van der Waals surface area contributed by atoms with Crippen molar-refractivity contribution in [3.05, 3.63) is 30.3 Å². The second kappa shape index (κ2) is 17.6. The summed E-state index contributed by atoms with van der Waals surface area (Å²) in [6.45, 7) is 3.54. The van der Waals surface area contributed by atoms with E-state index < -0.39 is 0 Å². The summed E-state index contributed by atoms with van der Waals surface area (Å²) in [5.41, 5.74) is 0.968. The summed E-state index contributed by atoms with van der Waals surface area (Å²) in [5, 5.41) is 3.05. The fourth-order valence-corrected chi connectivity index (χ4v) is 4.92. The van der Waals surface area contributed by atoms with E-state index in [4.69, 9.17) is 0 Å². The number of benzene rings is 1. The van der Waals surface area contributed by atoms with E-state index in [9.17, 15) is 9.59 Å². The number of unbranched alkanes of at least 4 members (excludes halogenated alkanes) is 8. The average Bonchev–Trinajstić information content (AvgIpc) is 3.36. The van der Waals surface area contributed by atoms with Crippen LogP contribution in [-0.2, 0) is 9.59 Å². The molecule has 1 aromatic rings. The van der Waals surface area contributed by atoms with Crippen LogP contribution >= 0.6 is 0 Å². The molecule has 0 heterocycles. The maximum atomic E-state index is 13.0. The molecule has 2 amide bonds. The number of anilines is 1. The number of carbonyl (C=O) groups is 2. The topological polar surface area (TPSA) is 49.4 Å². The highest BCUT2D eigenvalue weighted by Gasteiger charge is 2.20. The quantitative estimate of drug-likeness (QED) is 0.234. The van der Waals surface area contributed by atoms with E-state index in [2.05, 4.69) is 12.2 Å². The first-order valence-electron chi connectivity index (χ1n) is 13.8. The van der Waals surface area contributed by atoms with Crippen LogP contribution in [0.1, 0.15) is 116 Å². The predicted molar refractivity (Wildman–Crippen MR) is 139 cm³/mol. The number of rotatable bonds is 18. The van der Waals surface area contributed by atoms with Gasteiger partial charge in [0.25, 0.3) is 0 Å². The third kappa shape index (κ3) is 12.3. The Hall–Kier alpha value is -1.84. The van der Waals surface area contributed by atoms with Crippen LogP contribution in [0.5, 0.6) is 0 Å². The number of para-hydroxylation sites is 1. The smallest absolute Gasteiger partial charge is 0.226 e. The molecular weight excluding hydrogens is 408 g/mol. The fourth-order valence-electron chi connectivity index (χ4n) is 4.92. The van der Waals surface area contributed by atoms with Crippen LogP contribution in [0.4, 0.5) is 5.69 Å². The number of nitrogens with one attached hydrogen (secondary N) is 1. The van der Waals surface area contributed by atoms with Crippen LogP contribution in [0.2, 0.25) is 0 Å². The molecule has 1 aliphatic carbocycles. The van der Waals surface area contributed by atoms with Crippen molar-refractivity contribution in [3.63, 3.8) is 0 Å². The minimum Gasteiger partial charge on any atom is -0.356 e. The largest absolute Gasteiger partial charge is 0.356 e. The van der Waals surface area contributed by atoms with Crippen LogP contribution in [0.25, 0.3) is 0 Å². The van der Waals surface area contributed by atoms with Crippen molar-refractivity contribution in [3.8, 4) is 0 Å². The first-order chi connectivity index (χ1) is 16.2. The zero-order valence-corrected chi connectivity index (χ0v) is 21.2. The van der Waals surface area contributed by atoms with Gasteiger partial charge in [-0.3, -0.25) is 9.59 Å². The van der Waals surface area contributed by atoms with Gasteiger partial charge in [0.2, 0.25) is 11.8 Å². The van der Waals surface area contributed by atoms with E-state index in [0.717, 1.165) is 37.3 Å². The second-order valence-corrected chi connectivity index (χ2v) is 9.85. The predicted octanol–water partition coefficient (Wildman–Crippen LogP) is 7.42. The van der Waals surface area contributed by atoms with Gasteiger partial charge in [-0.15, -0.1) is 0 Å². The van der Waals surface area contributed by atoms with E-state index in [1.54, 1.807) is 0 Å². The van der Waals surface area contributed by atoms with Crippen LogP contribution < -0.4 is 10.2 Å². The van der Waals surface area contributed by atoms with Crippen LogP contribution in [-0.4, -0.2) is 24.9 Å². The summed E-state index contributed by atoms with van der Waals surface area (Å²) in [7, 11) is 0. The van der Waals surface area contributed by atoms with E-state index in [1.807, 2.05) is 35.2 Å². The lowest BCUT2D eigenvalue weighted by Crippen LogP contribution is -2.34. The van der Waals surface area contributed by atoms with Crippen LogP contribution in [0, 0.1) is 5.92 Å². The Kier molecular flexibility index (Phi) is 14.6. The second-order valence-electron chi connectivity index (χ2n) is 9.85. The summed E-state index contributed by atoms with van der Waals surface area (Å²) in [6, 6.07) is 9.97. The zero-order chi connectivity index (χ0) is 23.6. The normalized spacial score (nSPS) is 13.8. The fraction of sp³-hybridized carbons (Fsp3) is 0.724. The standard InChI is InChI=1S/C29H48N2O2/c1-2-3-4-5-6-7-8-9-13-21-28(32)30-24-16-25-31(27-19-11-10-12-20-27)29(33)23-22-26-17-14-15-18-26/h10-12,19-20,26H,2-9,13-18,21-25H2,1H3,(H,30,32). The Balaban J connectivity index is 1.59. The molecule has 186 valence electrons. The Morgan fingerprint density at radius 3 is 2.15 bits per heavy atom. The molecule has 4 nitrogen and oxygen atoms in total. The molecule has 33 heavy (non-hydrogen) atoms. The van der Waals surface area contributed by atoms with Gasteiger partial charge >= 0.3 is 0 Å². The number of hydrogen-bond donors (Lipinski definition) is 1. The monoisotopic (exact) mass is 456 g/mol.